The molecular weight excluding hydrogens is 527 g/mol. The van der Waals surface area contributed by atoms with Crippen LogP contribution in [0.5, 0.6) is 0 Å². The number of thiophene rings is 1. The van der Waals surface area contributed by atoms with Gasteiger partial charge in [0.25, 0.3) is 5.91 Å². The Hall–Kier alpha value is -4.06. The highest BCUT2D eigenvalue weighted by atomic mass is 35.5. The molecule has 9 nitrogen and oxygen atoms in total. The monoisotopic (exact) mass is 544 g/mol. The van der Waals surface area contributed by atoms with Crippen molar-refractivity contribution in [3.8, 4) is 0 Å². The van der Waals surface area contributed by atoms with Gasteiger partial charge >= 0.3 is 18.0 Å². The number of carbonyl (C=O) groups excluding carboxylic acids is 4. The summed E-state index contributed by atoms with van der Waals surface area (Å²) in [4.78, 5) is 50.6. The fourth-order valence-corrected chi connectivity index (χ4v) is 4.34. The van der Waals surface area contributed by atoms with Crippen molar-refractivity contribution in [3.05, 3.63) is 86.8 Å². The average molecular weight is 545 g/mol. The largest absolute Gasteiger partial charge is 0.459 e. The summed E-state index contributed by atoms with van der Waals surface area (Å²) in [5, 5.41) is 1.33. The van der Waals surface area contributed by atoms with Gasteiger partial charge in [0.05, 0.1) is 21.2 Å². The molecule has 0 radical (unpaired) electrons. The number of imide groups is 1. The average Bonchev–Trinajstić information content (AvgIpc) is 3.49. The number of esters is 2. The molecule has 0 atom stereocenters. The van der Waals surface area contributed by atoms with Gasteiger partial charge in [0.2, 0.25) is 0 Å². The SMILES string of the molecule is NC(=O)N1C(=O)/C(=C(/OC(=O)COCC(=O)OCc2ccccc2)c2cccs2)c2cc(F)c(Cl)cc21. The predicted octanol–water partition coefficient (Wildman–Crippen LogP) is 4.14. The predicted molar refractivity (Wildman–Crippen MR) is 133 cm³/mol. The lowest BCUT2D eigenvalue weighted by Crippen LogP contribution is -2.38. The van der Waals surface area contributed by atoms with E-state index in [0.717, 1.165) is 29.0 Å². The third-order valence-electron chi connectivity index (χ3n) is 5.06. The summed E-state index contributed by atoms with van der Waals surface area (Å²) in [5.41, 5.74) is 5.80. The number of amides is 3. The Morgan fingerprint density at radius 1 is 1.03 bits per heavy atom. The highest BCUT2D eigenvalue weighted by molar-refractivity contribution is 7.11. The highest BCUT2D eigenvalue weighted by Crippen LogP contribution is 2.43. The Morgan fingerprint density at radius 3 is 2.43 bits per heavy atom. The fraction of sp³-hybridized carbons (Fsp3) is 0.120. The molecule has 0 bridgehead atoms. The van der Waals surface area contributed by atoms with E-state index in [2.05, 4.69) is 0 Å². The van der Waals surface area contributed by atoms with E-state index < -0.39 is 42.9 Å². The molecular formula is C25H18ClFN2O7S. The summed E-state index contributed by atoms with van der Waals surface area (Å²) in [7, 11) is 0. The molecule has 3 aromatic rings. The third kappa shape index (κ3) is 5.85. The number of anilines is 1. The van der Waals surface area contributed by atoms with E-state index >= 15 is 0 Å². The number of rotatable bonds is 8. The minimum absolute atomic E-state index is 0.0349. The summed E-state index contributed by atoms with van der Waals surface area (Å²) in [5.74, 6) is -3.66. The van der Waals surface area contributed by atoms with Gasteiger partial charge in [-0.2, -0.15) is 0 Å². The van der Waals surface area contributed by atoms with Gasteiger partial charge in [-0.15, -0.1) is 11.3 Å². The molecule has 4 rings (SSSR count). The number of hydrogen-bond acceptors (Lipinski definition) is 8. The molecule has 2 N–H and O–H groups in total. The van der Waals surface area contributed by atoms with Crippen LogP contribution in [-0.4, -0.2) is 37.1 Å². The van der Waals surface area contributed by atoms with Gasteiger partial charge in [0.1, 0.15) is 25.6 Å². The van der Waals surface area contributed by atoms with Crippen LogP contribution in [0, 0.1) is 5.82 Å². The van der Waals surface area contributed by atoms with Crippen LogP contribution in [0.15, 0.2) is 60.0 Å². The zero-order valence-electron chi connectivity index (χ0n) is 18.9. The number of benzene rings is 2. The molecule has 0 spiro atoms. The number of ether oxygens (including phenoxy) is 3. The van der Waals surface area contributed by atoms with Gasteiger partial charge in [-0.1, -0.05) is 48.0 Å². The second-order valence-electron chi connectivity index (χ2n) is 7.56. The molecule has 0 fully saturated rings. The number of hydrogen-bond donors (Lipinski definition) is 1. The number of halogens is 2. The standard InChI is InChI=1S/C25H18ClFN2O7S/c26-16-10-18-15(9-17(16)27)22(24(32)29(18)25(28)33)23(19-7-4-8-37-19)36-21(31)13-34-12-20(30)35-11-14-5-2-1-3-6-14/h1-10H,11-13H2,(H2,28,33)/b23-22+. The Balaban J connectivity index is 1.51. The van der Waals surface area contributed by atoms with E-state index in [-0.39, 0.29) is 34.2 Å². The summed E-state index contributed by atoms with van der Waals surface area (Å²) < 4.78 is 29.9. The number of nitrogens with zero attached hydrogens (tertiary/aromatic N) is 1. The molecule has 0 saturated heterocycles. The molecule has 2 heterocycles. The summed E-state index contributed by atoms with van der Waals surface area (Å²) in [6.07, 6.45) is 0. The first-order chi connectivity index (χ1) is 17.8. The van der Waals surface area contributed by atoms with Crippen LogP contribution in [0.1, 0.15) is 16.0 Å². The first kappa shape index (κ1) is 26.0. The van der Waals surface area contributed by atoms with Gasteiger partial charge in [-0.3, -0.25) is 4.79 Å². The molecule has 1 aliphatic heterocycles. The maximum atomic E-state index is 14.3. The third-order valence-corrected chi connectivity index (χ3v) is 6.21. The molecule has 2 aromatic carbocycles. The van der Waals surface area contributed by atoms with Crippen molar-refractivity contribution >= 4 is 63.8 Å². The quantitative estimate of drug-likeness (QED) is 0.257. The van der Waals surface area contributed by atoms with Crippen molar-refractivity contribution in [1.29, 1.82) is 0 Å². The minimum Gasteiger partial charge on any atom is -0.459 e. The number of primary amides is 1. The van der Waals surface area contributed by atoms with E-state index in [4.69, 9.17) is 31.5 Å². The van der Waals surface area contributed by atoms with Crippen LogP contribution in [-0.2, 0) is 35.2 Å². The number of urea groups is 1. The highest BCUT2D eigenvalue weighted by Gasteiger charge is 2.40. The zero-order chi connectivity index (χ0) is 26.5. The van der Waals surface area contributed by atoms with Crippen molar-refractivity contribution in [2.45, 2.75) is 6.61 Å². The van der Waals surface area contributed by atoms with E-state index in [1.54, 1.807) is 41.8 Å². The summed E-state index contributed by atoms with van der Waals surface area (Å²) in [6.45, 7) is -1.13. The lowest BCUT2D eigenvalue weighted by molar-refractivity contribution is -0.153. The molecule has 1 aromatic heterocycles. The Morgan fingerprint density at radius 2 is 1.76 bits per heavy atom. The Kier molecular flexibility index (Phi) is 7.97. The van der Waals surface area contributed by atoms with E-state index in [1.165, 1.54) is 0 Å². The van der Waals surface area contributed by atoms with Crippen molar-refractivity contribution in [2.75, 3.05) is 18.1 Å². The van der Waals surface area contributed by atoms with Crippen molar-refractivity contribution in [2.24, 2.45) is 5.73 Å². The van der Waals surface area contributed by atoms with Crippen LogP contribution >= 0.6 is 22.9 Å². The molecule has 12 heteroatoms. The van der Waals surface area contributed by atoms with Crippen molar-refractivity contribution in [1.82, 2.24) is 0 Å². The maximum absolute atomic E-state index is 14.3. The second kappa shape index (κ2) is 11.3. The van der Waals surface area contributed by atoms with Gasteiger partial charge in [-0.25, -0.2) is 23.7 Å². The van der Waals surface area contributed by atoms with Gasteiger partial charge in [0.15, 0.2) is 5.76 Å². The molecule has 37 heavy (non-hydrogen) atoms. The lowest BCUT2D eigenvalue weighted by Gasteiger charge is -2.12. The van der Waals surface area contributed by atoms with Gasteiger partial charge in [-0.05, 0) is 29.1 Å². The Bertz CT molecular complexity index is 1390. The molecule has 1 aliphatic rings. The fourth-order valence-electron chi connectivity index (χ4n) is 3.47. The molecule has 0 saturated carbocycles. The molecule has 0 aliphatic carbocycles. The van der Waals surface area contributed by atoms with Gasteiger partial charge in [0, 0.05) is 5.56 Å². The minimum atomic E-state index is -1.13. The first-order valence-corrected chi connectivity index (χ1v) is 11.9. The van der Waals surface area contributed by atoms with E-state index in [1.807, 2.05) is 6.07 Å². The maximum Gasteiger partial charge on any atom is 0.337 e. The molecule has 190 valence electrons. The van der Waals surface area contributed by atoms with Crippen LogP contribution in [0.25, 0.3) is 11.3 Å². The molecule has 0 unspecified atom stereocenters. The smallest absolute Gasteiger partial charge is 0.337 e. The number of fused-ring (bicyclic) bond motifs is 1. The van der Waals surface area contributed by atoms with Crippen LogP contribution in [0.2, 0.25) is 5.02 Å². The van der Waals surface area contributed by atoms with Crippen LogP contribution < -0.4 is 10.6 Å². The van der Waals surface area contributed by atoms with Crippen molar-refractivity contribution < 1.29 is 37.8 Å². The van der Waals surface area contributed by atoms with E-state index in [9.17, 15) is 23.6 Å². The first-order valence-electron chi connectivity index (χ1n) is 10.7. The lowest BCUT2D eigenvalue weighted by atomic mass is 10.0. The summed E-state index contributed by atoms with van der Waals surface area (Å²) >= 11 is 6.97. The summed E-state index contributed by atoms with van der Waals surface area (Å²) in [6, 6.07) is 13.1. The second-order valence-corrected chi connectivity index (χ2v) is 8.91. The molecule has 3 amide bonds. The Labute approximate surface area is 218 Å². The van der Waals surface area contributed by atoms with E-state index in [0.29, 0.717) is 9.78 Å². The zero-order valence-corrected chi connectivity index (χ0v) is 20.5. The normalized spacial score (nSPS) is 13.8. The van der Waals surface area contributed by atoms with Crippen LogP contribution in [0.4, 0.5) is 14.9 Å². The number of carbonyl (C=O) groups is 4. The van der Waals surface area contributed by atoms with Gasteiger partial charge < -0.3 is 19.9 Å². The topological polar surface area (TPSA) is 125 Å². The number of nitrogens with two attached hydrogens (primary N) is 1. The van der Waals surface area contributed by atoms with Crippen LogP contribution in [0.3, 0.4) is 0 Å². The van der Waals surface area contributed by atoms with Crippen molar-refractivity contribution in [3.63, 3.8) is 0 Å².